The first-order valence-electron chi connectivity index (χ1n) is 20.6. The minimum Gasteiger partial charge on any atom is -0.392 e. The van der Waals surface area contributed by atoms with E-state index in [-0.39, 0.29) is 36.7 Å². The van der Waals surface area contributed by atoms with E-state index in [4.69, 9.17) is 9.47 Å². The van der Waals surface area contributed by atoms with Gasteiger partial charge in [0.15, 0.2) is 6.29 Å². The van der Waals surface area contributed by atoms with E-state index >= 15 is 0 Å². The van der Waals surface area contributed by atoms with Crippen molar-refractivity contribution in [2.24, 2.45) is 0 Å². The van der Waals surface area contributed by atoms with Crippen LogP contribution in [0.1, 0.15) is 84.3 Å². The summed E-state index contributed by atoms with van der Waals surface area (Å²) in [5.41, 5.74) is 7.48. The van der Waals surface area contributed by atoms with Gasteiger partial charge < -0.3 is 24.8 Å². The number of carbonyl (C=O) groups excluding carboxylic acids is 1. The number of sulfonamides is 1. The number of benzene rings is 5. The Bertz CT molecular complexity index is 2170. The lowest BCUT2D eigenvalue weighted by atomic mass is 9.97. The Balaban J connectivity index is 1.06. The molecule has 0 aromatic heterocycles. The number of hydrogen-bond donors (Lipinski definition) is 3. The normalized spacial score (nSPS) is 19.8. The third kappa shape index (κ3) is 11.1. The number of aliphatic hydroxyl groups is 1. The van der Waals surface area contributed by atoms with Crippen molar-refractivity contribution in [3.8, 4) is 11.1 Å². The van der Waals surface area contributed by atoms with Crippen LogP contribution in [0.5, 0.6) is 0 Å². The maximum atomic E-state index is 13.8. The summed E-state index contributed by atoms with van der Waals surface area (Å²) in [6, 6.07) is 39.1. The van der Waals surface area contributed by atoms with Crippen molar-refractivity contribution < 1.29 is 27.8 Å². The average Bonchev–Trinajstić information content (AvgIpc) is 3.24. The summed E-state index contributed by atoms with van der Waals surface area (Å²) in [7, 11) is -3.97. The summed E-state index contributed by atoms with van der Waals surface area (Å²) in [6.07, 6.45) is 6.55. The van der Waals surface area contributed by atoms with E-state index in [1.54, 1.807) is 24.3 Å². The molecule has 0 bridgehead atoms. The van der Waals surface area contributed by atoms with E-state index < -0.39 is 28.3 Å². The molecule has 0 spiro atoms. The van der Waals surface area contributed by atoms with Crippen molar-refractivity contribution in [3.63, 3.8) is 0 Å². The average molecular weight is 802 g/mol. The molecular formula is C48H55N3O6S. The number of ether oxygens (including phenoxy) is 2. The standard InChI is InChI=1S/C48H55N3O6S/c1-35-16-26-43(27-17-35)58(54,55)50-45(30-36-12-6-5-7-13-36)47(53)49-32-41-14-8-9-15-44(41)38-22-24-40(25-23-38)48-56-42(33-51-28-10-3-2-4-11-29-51)31-46(57-48)39-20-18-37(34-52)19-21-39/h5-9,12-27,42,45-46,48,50,52H,2-4,10-11,28-34H2,1H3,(H,49,53)/t42-,45-,46+,48+/m1/s1. The Morgan fingerprint density at radius 3 is 2.12 bits per heavy atom. The topological polar surface area (TPSA) is 117 Å². The number of rotatable bonds is 14. The van der Waals surface area contributed by atoms with Gasteiger partial charge in [-0.05, 0) is 84.8 Å². The van der Waals surface area contributed by atoms with Crippen LogP contribution < -0.4 is 10.0 Å². The Kier molecular flexibility index (Phi) is 14.2. The van der Waals surface area contributed by atoms with Gasteiger partial charge in [-0.3, -0.25) is 4.79 Å². The number of nitrogens with one attached hydrogen (secondary N) is 2. The van der Waals surface area contributed by atoms with Crippen molar-refractivity contribution in [3.05, 3.63) is 161 Å². The van der Waals surface area contributed by atoms with Gasteiger partial charge in [-0.15, -0.1) is 0 Å². The second kappa shape index (κ2) is 19.8. The molecule has 5 aromatic rings. The lowest BCUT2D eigenvalue weighted by molar-refractivity contribution is -0.253. The minimum atomic E-state index is -3.97. The first-order chi connectivity index (χ1) is 28.2. The fourth-order valence-corrected chi connectivity index (χ4v) is 9.10. The maximum absolute atomic E-state index is 13.8. The van der Waals surface area contributed by atoms with Gasteiger partial charge in [0.25, 0.3) is 0 Å². The monoisotopic (exact) mass is 801 g/mol. The van der Waals surface area contributed by atoms with Crippen LogP contribution in [0.25, 0.3) is 11.1 Å². The predicted octanol–water partition coefficient (Wildman–Crippen LogP) is 8.17. The molecule has 2 heterocycles. The van der Waals surface area contributed by atoms with E-state index in [1.807, 2.05) is 85.8 Å². The van der Waals surface area contributed by atoms with Crippen LogP contribution in [-0.4, -0.2) is 56.1 Å². The van der Waals surface area contributed by atoms with Gasteiger partial charge in [-0.2, -0.15) is 4.72 Å². The van der Waals surface area contributed by atoms with E-state index in [2.05, 4.69) is 39.2 Å². The van der Waals surface area contributed by atoms with Crippen LogP contribution >= 0.6 is 0 Å². The summed E-state index contributed by atoms with van der Waals surface area (Å²) in [6.45, 7) is 5.15. The van der Waals surface area contributed by atoms with Gasteiger partial charge in [0.2, 0.25) is 15.9 Å². The third-order valence-corrected chi connectivity index (χ3v) is 12.7. The highest BCUT2D eigenvalue weighted by Crippen LogP contribution is 2.39. The molecule has 3 N–H and O–H groups in total. The summed E-state index contributed by atoms with van der Waals surface area (Å²) in [4.78, 5) is 16.5. The SMILES string of the molecule is Cc1ccc(S(=O)(=O)N[C@H](Cc2ccccc2)C(=O)NCc2ccccc2-c2ccc([C@H]3O[C@@H](CN4CCCCCCC4)C[C@@H](c4ccc(CO)cc4)O3)cc2)cc1. The number of amides is 1. The van der Waals surface area contributed by atoms with Crippen LogP contribution in [0.3, 0.4) is 0 Å². The van der Waals surface area contributed by atoms with Crippen LogP contribution in [0.2, 0.25) is 0 Å². The van der Waals surface area contributed by atoms with Crippen LogP contribution in [-0.2, 0) is 43.9 Å². The molecule has 0 unspecified atom stereocenters. The molecule has 5 aromatic carbocycles. The fourth-order valence-electron chi connectivity index (χ4n) is 7.91. The van der Waals surface area contributed by atoms with E-state index in [1.165, 1.54) is 32.1 Å². The molecule has 7 rings (SSSR count). The molecule has 2 aliphatic rings. The molecule has 2 aliphatic heterocycles. The van der Waals surface area contributed by atoms with Crippen LogP contribution in [0.15, 0.2) is 132 Å². The summed E-state index contributed by atoms with van der Waals surface area (Å²) in [5.74, 6) is -0.415. The molecule has 0 radical (unpaired) electrons. The number of nitrogens with zero attached hydrogens (tertiary/aromatic N) is 1. The zero-order valence-corrected chi connectivity index (χ0v) is 34.1. The number of carbonyl (C=O) groups is 1. The van der Waals surface area contributed by atoms with E-state index in [9.17, 15) is 18.3 Å². The maximum Gasteiger partial charge on any atom is 0.241 e. The third-order valence-electron chi connectivity index (χ3n) is 11.2. The first-order valence-corrected chi connectivity index (χ1v) is 22.0. The van der Waals surface area contributed by atoms with Gasteiger partial charge in [0.1, 0.15) is 6.04 Å². The molecule has 58 heavy (non-hydrogen) atoms. The van der Waals surface area contributed by atoms with Gasteiger partial charge >= 0.3 is 0 Å². The van der Waals surface area contributed by atoms with Crippen molar-refractivity contribution in [2.45, 2.75) is 94.5 Å². The van der Waals surface area contributed by atoms with Crippen molar-refractivity contribution in [1.82, 2.24) is 14.9 Å². The highest BCUT2D eigenvalue weighted by atomic mass is 32.2. The van der Waals surface area contributed by atoms with Gasteiger partial charge in [0.05, 0.1) is 23.7 Å². The van der Waals surface area contributed by atoms with Gasteiger partial charge in [-0.25, -0.2) is 8.42 Å². The van der Waals surface area contributed by atoms with Crippen molar-refractivity contribution >= 4 is 15.9 Å². The van der Waals surface area contributed by atoms with E-state index in [0.29, 0.717) is 0 Å². The smallest absolute Gasteiger partial charge is 0.241 e. The zero-order chi connectivity index (χ0) is 40.3. The van der Waals surface area contributed by atoms with Gasteiger partial charge in [0, 0.05) is 25.1 Å². The lowest BCUT2D eigenvalue weighted by Crippen LogP contribution is -2.47. The molecule has 2 saturated heterocycles. The van der Waals surface area contributed by atoms with Crippen LogP contribution in [0, 0.1) is 6.92 Å². The van der Waals surface area contributed by atoms with Crippen molar-refractivity contribution in [1.29, 1.82) is 0 Å². The highest BCUT2D eigenvalue weighted by Gasteiger charge is 2.33. The Morgan fingerprint density at radius 2 is 1.41 bits per heavy atom. The van der Waals surface area contributed by atoms with Gasteiger partial charge in [-0.1, -0.05) is 140 Å². The first kappa shape index (κ1) is 41.5. The molecule has 2 fully saturated rings. The number of hydrogen-bond acceptors (Lipinski definition) is 7. The predicted molar refractivity (Wildman–Crippen MR) is 227 cm³/mol. The fraction of sp³-hybridized carbons (Fsp3) is 0.354. The molecule has 0 saturated carbocycles. The Labute approximate surface area is 343 Å². The number of aliphatic hydroxyl groups excluding tert-OH is 1. The van der Waals surface area contributed by atoms with Crippen molar-refractivity contribution in [2.75, 3.05) is 19.6 Å². The number of aryl methyl sites for hydroxylation is 1. The highest BCUT2D eigenvalue weighted by molar-refractivity contribution is 7.89. The van der Waals surface area contributed by atoms with E-state index in [0.717, 1.165) is 70.6 Å². The van der Waals surface area contributed by atoms with Crippen LogP contribution in [0.4, 0.5) is 0 Å². The summed E-state index contributed by atoms with van der Waals surface area (Å²) < 4.78 is 42.9. The Hall–Kier alpha value is -4.68. The quantitative estimate of drug-likeness (QED) is 0.104. The molecule has 0 aliphatic carbocycles. The molecule has 304 valence electrons. The number of likely N-dealkylation sites (tertiary alicyclic amines) is 1. The lowest BCUT2D eigenvalue weighted by Gasteiger charge is -2.39. The second-order valence-electron chi connectivity index (χ2n) is 15.6. The molecule has 10 heteroatoms. The summed E-state index contributed by atoms with van der Waals surface area (Å²) >= 11 is 0. The second-order valence-corrected chi connectivity index (χ2v) is 17.3. The Morgan fingerprint density at radius 1 is 0.759 bits per heavy atom. The minimum absolute atomic E-state index is 0.00180. The largest absolute Gasteiger partial charge is 0.392 e. The molecular weight excluding hydrogens is 747 g/mol. The molecule has 9 nitrogen and oxygen atoms in total. The molecule has 4 atom stereocenters. The summed E-state index contributed by atoms with van der Waals surface area (Å²) in [5, 5.41) is 12.7. The zero-order valence-electron chi connectivity index (χ0n) is 33.3. The molecule has 1 amide bonds.